The molecule has 0 fully saturated rings. The van der Waals surface area contributed by atoms with E-state index in [1.165, 1.54) is 14.2 Å². The number of ether oxygens (including phenoxy) is 4. The molecule has 3 aromatic rings. The zero-order valence-electron chi connectivity index (χ0n) is 31.2. The van der Waals surface area contributed by atoms with Crippen molar-refractivity contribution < 1.29 is 73.2 Å². The minimum Gasteiger partial charge on any atom is -0.497 e. The van der Waals surface area contributed by atoms with Gasteiger partial charge in [-0.15, -0.1) is 0 Å². The van der Waals surface area contributed by atoms with Crippen molar-refractivity contribution in [2.75, 3.05) is 40.5 Å². The fraction of sp³-hybridized carbons (Fsp3) is 0.487. The third kappa shape index (κ3) is 14.4. The lowest BCUT2D eigenvalue weighted by Crippen LogP contribution is -2.40. The van der Waals surface area contributed by atoms with Crippen LogP contribution in [-0.2, 0) is 24.7 Å². The summed E-state index contributed by atoms with van der Waals surface area (Å²) in [5, 5.41) is 14.9. The molecule has 0 saturated carbocycles. The van der Waals surface area contributed by atoms with Crippen LogP contribution in [0.3, 0.4) is 0 Å². The number of rotatable bonds is 22. The number of benzene rings is 3. The number of carbonyl (C=O) groups is 2. The second kappa shape index (κ2) is 20.7. The summed E-state index contributed by atoms with van der Waals surface area (Å²) in [7, 11) is 2.97. The molecule has 0 aromatic heterocycles. The lowest BCUT2D eigenvalue weighted by atomic mass is 9.75. The van der Waals surface area contributed by atoms with Gasteiger partial charge < -0.3 is 34.7 Å². The van der Waals surface area contributed by atoms with E-state index in [1.54, 1.807) is 89.5 Å². The first kappa shape index (κ1) is 46.8. The minimum atomic E-state index is -5.19. The summed E-state index contributed by atoms with van der Waals surface area (Å²) < 4.78 is 140. The SMILES string of the molecule is COc1ccc(C(OC(O)COCC(CCCNC(=O)C(F)(F)F)(CCCNC(=O)C(F)(F)F)CCCC(F)(F)F)(c2ccccc2)c2ccc(OC)cc2)cc1. The number of alkyl halides is 9. The Morgan fingerprint density at radius 1 is 0.614 bits per heavy atom. The first-order chi connectivity index (χ1) is 26.7. The van der Waals surface area contributed by atoms with Gasteiger partial charge in [0.25, 0.3) is 0 Å². The van der Waals surface area contributed by atoms with Crippen molar-refractivity contribution in [1.29, 1.82) is 0 Å². The van der Waals surface area contributed by atoms with Crippen LogP contribution in [-0.4, -0.2) is 82.3 Å². The lowest BCUT2D eigenvalue weighted by Gasteiger charge is -2.38. The van der Waals surface area contributed by atoms with Crippen molar-refractivity contribution in [3.05, 3.63) is 95.6 Å². The Labute approximate surface area is 323 Å². The Bertz CT molecular complexity index is 1590. The largest absolute Gasteiger partial charge is 0.497 e. The Kier molecular flexibility index (Phi) is 17.0. The van der Waals surface area contributed by atoms with Crippen LogP contribution in [0.5, 0.6) is 11.5 Å². The maximum absolute atomic E-state index is 13.3. The van der Waals surface area contributed by atoms with Crippen LogP contribution >= 0.6 is 0 Å². The van der Waals surface area contributed by atoms with E-state index in [-0.39, 0.29) is 32.1 Å². The van der Waals surface area contributed by atoms with Crippen LogP contribution in [0.2, 0.25) is 0 Å². The second-order valence-electron chi connectivity index (χ2n) is 13.3. The lowest BCUT2D eigenvalue weighted by molar-refractivity contribution is -0.190. The van der Waals surface area contributed by atoms with Gasteiger partial charge in [0.2, 0.25) is 0 Å². The molecule has 0 heterocycles. The zero-order valence-corrected chi connectivity index (χ0v) is 31.2. The molecule has 9 nitrogen and oxygen atoms in total. The maximum Gasteiger partial charge on any atom is 0.471 e. The summed E-state index contributed by atoms with van der Waals surface area (Å²) in [6.07, 6.45) is -19.3. The van der Waals surface area contributed by atoms with Crippen LogP contribution < -0.4 is 20.1 Å². The van der Waals surface area contributed by atoms with E-state index in [0.717, 1.165) is 0 Å². The molecule has 0 radical (unpaired) electrons. The van der Waals surface area contributed by atoms with Gasteiger partial charge >= 0.3 is 30.3 Å². The number of carbonyl (C=O) groups excluding carboxylic acids is 2. The zero-order chi connectivity index (χ0) is 42.3. The van der Waals surface area contributed by atoms with Gasteiger partial charge in [0.1, 0.15) is 17.1 Å². The van der Waals surface area contributed by atoms with Crippen molar-refractivity contribution >= 4 is 11.8 Å². The molecule has 2 amide bonds. The highest BCUT2D eigenvalue weighted by molar-refractivity contribution is 5.81. The molecule has 0 aliphatic heterocycles. The molecule has 0 spiro atoms. The number of hydrogen-bond donors (Lipinski definition) is 3. The first-order valence-corrected chi connectivity index (χ1v) is 17.8. The minimum absolute atomic E-state index is 0.140. The molecule has 316 valence electrons. The summed E-state index contributed by atoms with van der Waals surface area (Å²) in [6, 6.07) is 22.5. The molecule has 1 unspecified atom stereocenters. The second-order valence-corrected chi connectivity index (χ2v) is 13.3. The van der Waals surface area contributed by atoms with Gasteiger partial charge in [-0.2, -0.15) is 39.5 Å². The Morgan fingerprint density at radius 3 is 1.44 bits per heavy atom. The van der Waals surface area contributed by atoms with E-state index >= 15 is 0 Å². The quantitative estimate of drug-likeness (QED) is 0.0408. The highest BCUT2D eigenvalue weighted by Crippen LogP contribution is 2.43. The van der Waals surface area contributed by atoms with Crippen LogP contribution in [0.25, 0.3) is 0 Å². The Balaban J connectivity index is 1.94. The third-order valence-electron chi connectivity index (χ3n) is 9.18. The molecule has 0 aliphatic carbocycles. The van der Waals surface area contributed by atoms with Gasteiger partial charge in [0.15, 0.2) is 6.29 Å². The average molecular weight is 825 g/mol. The highest BCUT2D eigenvalue weighted by atomic mass is 19.4. The molecule has 1 atom stereocenters. The number of amides is 2. The monoisotopic (exact) mass is 824 g/mol. The summed E-state index contributed by atoms with van der Waals surface area (Å²) >= 11 is 0. The molecule has 0 bridgehead atoms. The smallest absolute Gasteiger partial charge is 0.471 e. The van der Waals surface area contributed by atoms with Crippen molar-refractivity contribution in [1.82, 2.24) is 10.6 Å². The molecular formula is C39H45F9N2O7. The number of aliphatic hydroxyl groups is 1. The van der Waals surface area contributed by atoms with E-state index < -0.39 is 86.8 Å². The molecule has 0 aliphatic rings. The first-order valence-electron chi connectivity index (χ1n) is 17.8. The fourth-order valence-electron chi connectivity index (χ4n) is 6.43. The summed E-state index contributed by atoms with van der Waals surface area (Å²) in [5.74, 6) is -3.41. The molecule has 3 aromatic carbocycles. The van der Waals surface area contributed by atoms with Crippen LogP contribution in [0.15, 0.2) is 78.9 Å². The molecule has 3 N–H and O–H groups in total. The topological polar surface area (TPSA) is 115 Å². The fourth-order valence-corrected chi connectivity index (χ4v) is 6.43. The molecule has 0 saturated heterocycles. The molecule has 18 heteroatoms. The molecular weight excluding hydrogens is 779 g/mol. The maximum atomic E-state index is 13.3. The predicted octanol–water partition coefficient (Wildman–Crippen LogP) is 7.98. The van der Waals surface area contributed by atoms with Crippen molar-refractivity contribution in [2.45, 2.75) is 75.4 Å². The van der Waals surface area contributed by atoms with Gasteiger partial charge in [0, 0.05) is 19.5 Å². The van der Waals surface area contributed by atoms with E-state index in [2.05, 4.69) is 0 Å². The summed E-state index contributed by atoms with van der Waals surface area (Å²) in [6.45, 7) is -2.06. The van der Waals surface area contributed by atoms with Gasteiger partial charge in [-0.1, -0.05) is 54.6 Å². The highest BCUT2D eigenvalue weighted by Gasteiger charge is 2.42. The van der Waals surface area contributed by atoms with E-state index in [9.17, 15) is 54.2 Å². The third-order valence-corrected chi connectivity index (χ3v) is 9.18. The van der Waals surface area contributed by atoms with Crippen LogP contribution in [0.1, 0.15) is 61.6 Å². The van der Waals surface area contributed by atoms with Gasteiger partial charge in [-0.3, -0.25) is 9.59 Å². The van der Waals surface area contributed by atoms with Crippen LogP contribution in [0.4, 0.5) is 39.5 Å². The number of hydrogen-bond acceptors (Lipinski definition) is 7. The normalized spacial score (nSPS) is 13.2. The summed E-state index contributed by atoms with van der Waals surface area (Å²) in [4.78, 5) is 22.8. The van der Waals surface area contributed by atoms with Gasteiger partial charge in [-0.05, 0) is 84.9 Å². The van der Waals surface area contributed by atoms with Crippen molar-refractivity contribution in [2.24, 2.45) is 5.41 Å². The molecule has 57 heavy (non-hydrogen) atoms. The van der Waals surface area contributed by atoms with Gasteiger partial charge in [0.05, 0.1) is 27.4 Å². The van der Waals surface area contributed by atoms with Gasteiger partial charge in [-0.25, -0.2) is 0 Å². The number of nitrogens with one attached hydrogen (secondary N) is 2. The average Bonchev–Trinajstić information content (AvgIpc) is 3.16. The van der Waals surface area contributed by atoms with Crippen molar-refractivity contribution in [3.63, 3.8) is 0 Å². The van der Waals surface area contributed by atoms with Crippen molar-refractivity contribution in [3.8, 4) is 11.5 Å². The Morgan fingerprint density at radius 2 is 1.04 bits per heavy atom. The Hall–Kier alpha value is -4.55. The van der Waals surface area contributed by atoms with E-state index in [1.807, 2.05) is 0 Å². The summed E-state index contributed by atoms with van der Waals surface area (Å²) in [5.41, 5.74) is -1.18. The number of halogens is 9. The predicted molar refractivity (Wildman–Crippen MR) is 189 cm³/mol. The van der Waals surface area contributed by atoms with E-state index in [0.29, 0.717) is 28.2 Å². The standard InChI is InChI=1S/C39H45F9N2O7/c1-54-30-15-11-28(12-16-30)37(27-9-4-3-5-10-27,29-13-17-31(55-2)18-14-29)57-32(51)25-56-26-35(19-6-22-36(40,41)42,20-7-23-49-33(52)38(43,44)45)21-8-24-50-34(53)39(46,47)48/h3-5,9-18,32,51H,6-8,19-26H2,1-2H3,(H,49,52)(H,50,53). The number of methoxy groups -OCH3 is 2. The molecule has 3 rings (SSSR count). The van der Waals surface area contributed by atoms with E-state index in [4.69, 9.17) is 18.9 Å². The van der Waals surface area contributed by atoms with Crippen LogP contribution in [0, 0.1) is 5.41 Å². The number of aliphatic hydroxyl groups excluding tert-OH is 1.